The first-order valence-electron chi connectivity index (χ1n) is 4.20. The fourth-order valence-corrected chi connectivity index (χ4v) is 1.23. The van der Waals surface area contributed by atoms with E-state index in [-0.39, 0.29) is 21.9 Å². The molecule has 0 aliphatic carbocycles. The second-order valence-electron chi connectivity index (χ2n) is 2.96. The number of nitrogens with zero attached hydrogens (tertiary/aromatic N) is 2. The Kier molecular flexibility index (Phi) is 3.82. The van der Waals surface area contributed by atoms with Crippen molar-refractivity contribution in [3.8, 4) is 17.9 Å². The Balaban J connectivity index is 3.03. The maximum atomic E-state index is 11.9. The van der Waals surface area contributed by atoms with Gasteiger partial charge in [0.25, 0.3) is 0 Å². The second-order valence-corrected chi connectivity index (χ2v) is 3.36. The zero-order valence-electron chi connectivity index (χ0n) is 8.18. The average Bonchev–Trinajstić information content (AvgIpc) is 2.25. The van der Waals surface area contributed by atoms with Crippen LogP contribution in [0.5, 0.6) is 5.75 Å². The number of hydrogen-bond donors (Lipinski definition) is 0. The average molecular weight is 261 g/mol. The van der Waals surface area contributed by atoms with Gasteiger partial charge in [0.05, 0.1) is 16.1 Å². The molecule has 7 heteroatoms. The molecule has 0 aliphatic heterocycles. The highest BCUT2D eigenvalue weighted by atomic mass is 35.5. The lowest BCUT2D eigenvalue weighted by Gasteiger charge is -2.10. The second kappa shape index (κ2) is 4.94. The molecule has 1 aromatic carbocycles. The number of nitriles is 2. The van der Waals surface area contributed by atoms with Crippen LogP contribution in [0.4, 0.5) is 13.2 Å². The van der Waals surface area contributed by atoms with Crippen LogP contribution in [0, 0.1) is 22.7 Å². The SMILES string of the molecule is N#Cc1cc(Cl)c(OCC(F)(F)F)cc1C#N. The highest BCUT2D eigenvalue weighted by Gasteiger charge is 2.29. The fourth-order valence-electron chi connectivity index (χ4n) is 1.01. The summed E-state index contributed by atoms with van der Waals surface area (Å²) < 4.78 is 40.2. The third-order valence-electron chi connectivity index (χ3n) is 1.70. The molecule has 0 amide bonds. The molecule has 0 aromatic heterocycles. The summed E-state index contributed by atoms with van der Waals surface area (Å²) in [5.41, 5.74) is -0.106. The summed E-state index contributed by atoms with van der Waals surface area (Å²) >= 11 is 5.61. The zero-order valence-corrected chi connectivity index (χ0v) is 8.93. The topological polar surface area (TPSA) is 56.8 Å². The minimum atomic E-state index is -4.50. The smallest absolute Gasteiger partial charge is 0.422 e. The van der Waals surface area contributed by atoms with E-state index in [1.165, 1.54) is 0 Å². The van der Waals surface area contributed by atoms with Crippen LogP contribution in [0.25, 0.3) is 0 Å². The molecule has 0 unspecified atom stereocenters. The summed E-state index contributed by atoms with van der Waals surface area (Å²) in [6, 6.07) is 5.47. The van der Waals surface area contributed by atoms with Crippen molar-refractivity contribution in [1.29, 1.82) is 10.5 Å². The van der Waals surface area contributed by atoms with Gasteiger partial charge in [0, 0.05) is 6.07 Å². The van der Waals surface area contributed by atoms with Crippen LogP contribution in [0.2, 0.25) is 5.02 Å². The van der Waals surface area contributed by atoms with E-state index >= 15 is 0 Å². The molecule has 3 nitrogen and oxygen atoms in total. The van der Waals surface area contributed by atoms with Gasteiger partial charge in [-0.05, 0) is 6.07 Å². The minimum absolute atomic E-state index is 0.0168. The Hall–Kier alpha value is -1.92. The van der Waals surface area contributed by atoms with Gasteiger partial charge in [0.2, 0.25) is 0 Å². The molecular formula is C10H4ClF3N2O. The Morgan fingerprint density at radius 2 is 1.71 bits per heavy atom. The van der Waals surface area contributed by atoms with Crippen LogP contribution in [0.15, 0.2) is 12.1 Å². The van der Waals surface area contributed by atoms with Gasteiger partial charge in [0.1, 0.15) is 17.9 Å². The number of halogens is 4. The van der Waals surface area contributed by atoms with Gasteiger partial charge in [-0.1, -0.05) is 11.6 Å². The van der Waals surface area contributed by atoms with Crippen molar-refractivity contribution in [3.05, 3.63) is 28.3 Å². The van der Waals surface area contributed by atoms with Gasteiger partial charge in [-0.25, -0.2) is 0 Å². The lowest BCUT2D eigenvalue weighted by molar-refractivity contribution is -0.153. The summed E-state index contributed by atoms with van der Waals surface area (Å²) in [6.07, 6.45) is -4.50. The molecule has 0 bridgehead atoms. The maximum absolute atomic E-state index is 11.9. The molecule has 0 spiro atoms. The van der Waals surface area contributed by atoms with Crippen molar-refractivity contribution >= 4 is 11.6 Å². The van der Waals surface area contributed by atoms with Crippen molar-refractivity contribution in [1.82, 2.24) is 0 Å². The summed E-state index contributed by atoms with van der Waals surface area (Å²) in [4.78, 5) is 0. The highest BCUT2D eigenvalue weighted by molar-refractivity contribution is 6.32. The molecule has 1 rings (SSSR count). The number of hydrogen-bond acceptors (Lipinski definition) is 3. The normalized spacial score (nSPS) is 10.5. The third kappa shape index (κ3) is 3.54. The third-order valence-corrected chi connectivity index (χ3v) is 2.00. The molecule has 0 radical (unpaired) electrons. The summed E-state index contributed by atoms with van der Waals surface area (Å²) in [6.45, 7) is -1.51. The molecule has 0 saturated carbocycles. The van der Waals surface area contributed by atoms with Crippen molar-refractivity contribution in [2.75, 3.05) is 6.61 Å². The van der Waals surface area contributed by atoms with Gasteiger partial charge in [0.15, 0.2) is 6.61 Å². The van der Waals surface area contributed by atoms with Crippen LogP contribution in [-0.4, -0.2) is 12.8 Å². The van der Waals surface area contributed by atoms with Crippen molar-refractivity contribution < 1.29 is 17.9 Å². The molecule has 0 fully saturated rings. The Morgan fingerprint density at radius 1 is 1.18 bits per heavy atom. The van der Waals surface area contributed by atoms with Crippen molar-refractivity contribution in [3.63, 3.8) is 0 Å². The van der Waals surface area contributed by atoms with E-state index < -0.39 is 12.8 Å². The molecule has 0 N–H and O–H groups in total. The summed E-state index contributed by atoms with van der Waals surface area (Å²) in [5.74, 6) is -0.278. The predicted octanol–water partition coefficient (Wildman–Crippen LogP) is 3.02. The molecule has 1 aromatic rings. The standard InChI is InChI=1S/C10H4ClF3N2O/c11-8-1-6(3-15)7(4-16)2-9(8)17-5-10(12,13)14/h1-2H,5H2. The van der Waals surface area contributed by atoms with E-state index in [1.807, 2.05) is 0 Å². The van der Waals surface area contributed by atoms with Crippen LogP contribution in [-0.2, 0) is 0 Å². The number of alkyl halides is 3. The van der Waals surface area contributed by atoms with Gasteiger partial charge < -0.3 is 4.74 Å². The van der Waals surface area contributed by atoms with E-state index in [9.17, 15) is 13.2 Å². The van der Waals surface area contributed by atoms with Gasteiger partial charge in [-0.2, -0.15) is 23.7 Å². The first-order valence-corrected chi connectivity index (χ1v) is 4.58. The molecule has 17 heavy (non-hydrogen) atoms. The molecule has 0 atom stereocenters. The lowest BCUT2D eigenvalue weighted by atomic mass is 10.1. The Bertz CT molecular complexity index is 514. The van der Waals surface area contributed by atoms with E-state index in [0.717, 1.165) is 12.1 Å². The lowest BCUT2D eigenvalue weighted by Crippen LogP contribution is -2.19. The van der Waals surface area contributed by atoms with E-state index in [1.54, 1.807) is 12.1 Å². The molecule has 0 saturated heterocycles. The quantitative estimate of drug-likeness (QED) is 0.821. The van der Waals surface area contributed by atoms with Gasteiger partial charge in [-0.15, -0.1) is 0 Å². The Morgan fingerprint density at radius 3 is 2.18 bits per heavy atom. The first kappa shape index (κ1) is 13.1. The monoisotopic (exact) mass is 260 g/mol. The van der Waals surface area contributed by atoms with Gasteiger partial charge in [-0.3, -0.25) is 0 Å². The van der Waals surface area contributed by atoms with Crippen LogP contribution in [0.1, 0.15) is 11.1 Å². The minimum Gasteiger partial charge on any atom is -0.483 e. The number of ether oxygens (including phenoxy) is 1. The fraction of sp³-hybridized carbons (Fsp3) is 0.200. The number of benzene rings is 1. The van der Waals surface area contributed by atoms with E-state index in [2.05, 4.69) is 4.74 Å². The predicted molar refractivity (Wildman–Crippen MR) is 52.4 cm³/mol. The largest absolute Gasteiger partial charge is 0.483 e. The first-order chi connectivity index (χ1) is 7.87. The van der Waals surface area contributed by atoms with Crippen LogP contribution < -0.4 is 4.74 Å². The summed E-state index contributed by atoms with van der Waals surface area (Å²) in [5, 5.41) is 17.2. The molecular weight excluding hydrogens is 257 g/mol. The highest BCUT2D eigenvalue weighted by Crippen LogP contribution is 2.29. The van der Waals surface area contributed by atoms with Crippen LogP contribution in [0.3, 0.4) is 0 Å². The van der Waals surface area contributed by atoms with E-state index in [4.69, 9.17) is 22.1 Å². The summed E-state index contributed by atoms with van der Waals surface area (Å²) in [7, 11) is 0. The van der Waals surface area contributed by atoms with Gasteiger partial charge >= 0.3 is 6.18 Å². The molecule has 0 aliphatic rings. The van der Waals surface area contributed by atoms with Crippen molar-refractivity contribution in [2.24, 2.45) is 0 Å². The zero-order chi connectivity index (χ0) is 13.1. The Labute approximate surface area is 99.6 Å². The number of rotatable bonds is 2. The van der Waals surface area contributed by atoms with Crippen molar-refractivity contribution in [2.45, 2.75) is 6.18 Å². The maximum Gasteiger partial charge on any atom is 0.422 e. The van der Waals surface area contributed by atoms with Crippen LogP contribution >= 0.6 is 11.6 Å². The molecule has 88 valence electrons. The van der Waals surface area contributed by atoms with E-state index in [0.29, 0.717) is 0 Å². The molecule has 0 heterocycles.